The number of nitrogens with zero attached hydrogens (tertiary/aromatic N) is 5. The van der Waals surface area contributed by atoms with Gasteiger partial charge in [-0.15, -0.1) is 0 Å². The normalized spacial score (nSPS) is 11.2. The second-order valence-electron chi connectivity index (χ2n) is 6.64. The lowest BCUT2D eigenvalue weighted by Gasteiger charge is -2.26. The molecule has 0 fully saturated rings. The van der Waals surface area contributed by atoms with Gasteiger partial charge in [0.1, 0.15) is 0 Å². The first kappa shape index (κ1) is 17.8. The molecular weight excluding hydrogens is 330 g/mol. The van der Waals surface area contributed by atoms with Crippen LogP contribution < -0.4 is 5.43 Å². The molecule has 7 nitrogen and oxygen atoms in total. The molecule has 0 unspecified atom stereocenters. The Hall–Kier alpha value is -2.96. The van der Waals surface area contributed by atoms with Gasteiger partial charge >= 0.3 is 0 Å². The van der Waals surface area contributed by atoms with Gasteiger partial charge < -0.3 is 4.90 Å². The Balaban J connectivity index is 1.74. The highest BCUT2D eigenvalue weighted by Crippen LogP contribution is 2.12. The highest BCUT2D eigenvalue weighted by Gasteiger charge is 2.18. The molecule has 0 saturated heterocycles. The highest BCUT2D eigenvalue weighted by atomic mass is 16.2. The van der Waals surface area contributed by atoms with Gasteiger partial charge in [0.15, 0.2) is 0 Å². The molecule has 136 valence electrons. The van der Waals surface area contributed by atoms with Gasteiger partial charge in [-0.1, -0.05) is 12.1 Å². The van der Waals surface area contributed by atoms with E-state index in [1.165, 1.54) is 6.20 Å². The van der Waals surface area contributed by atoms with E-state index in [-0.39, 0.29) is 17.4 Å². The number of rotatable bonds is 6. The third-order valence-electron chi connectivity index (χ3n) is 4.35. The van der Waals surface area contributed by atoms with E-state index in [0.717, 1.165) is 11.1 Å². The zero-order valence-electron chi connectivity index (χ0n) is 15.3. The van der Waals surface area contributed by atoms with Crippen molar-refractivity contribution >= 4 is 16.8 Å². The summed E-state index contributed by atoms with van der Waals surface area (Å²) in [5, 5.41) is 8.97. The summed E-state index contributed by atoms with van der Waals surface area (Å²) in [4.78, 5) is 26.5. The van der Waals surface area contributed by atoms with Gasteiger partial charge in [0.05, 0.1) is 24.5 Å². The second-order valence-corrected chi connectivity index (χ2v) is 6.64. The van der Waals surface area contributed by atoms with E-state index in [1.807, 2.05) is 50.2 Å². The number of benzene rings is 1. The van der Waals surface area contributed by atoms with Gasteiger partial charge in [-0.3, -0.25) is 19.0 Å². The molecule has 2 heterocycles. The molecule has 0 radical (unpaired) electrons. The van der Waals surface area contributed by atoms with Crippen molar-refractivity contribution in [1.29, 1.82) is 0 Å². The average Bonchev–Trinajstić information content (AvgIpc) is 3.04. The van der Waals surface area contributed by atoms with Crippen molar-refractivity contribution in [2.45, 2.75) is 39.4 Å². The molecule has 7 heteroatoms. The van der Waals surface area contributed by atoms with Crippen LogP contribution in [0.25, 0.3) is 10.9 Å². The van der Waals surface area contributed by atoms with Crippen LogP contribution in [-0.4, -0.2) is 36.4 Å². The van der Waals surface area contributed by atoms with Crippen molar-refractivity contribution in [2.75, 3.05) is 0 Å². The third-order valence-corrected chi connectivity index (χ3v) is 4.35. The molecule has 0 saturated carbocycles. The average molecular weight is 353 g/mol. The van der Waals surface area contributed by atoms with E-state index in [2.05, 4.69) is 10.2 Å². The van der Waals surface area contributed by atoms with Crippen LogP contribution in [0.5, 0.6) is 0 Å². The van der Waals surface area contributed by atoms with Crippen molar-refractivity contribution < 1.29 is 4.79 Å². The molecular formula is C19H23N5O2. The van der Waals surface area contributed by atoms with Crippen LogP contribution in [0.2, 0.25) is 0 Å². The maximum Gasteiger partial charge on any atom is 0.224 e. The van der Waals surface area contributed by atoms with E-state index in [1.54, 1.807) is 21.6 Å². The van der Waals surface area contributed by atoms with Crippen molar-refractivity contribution in [3.05, 3.63) is 58.6 Å². The van der Waals surface area contributed by atoms with Gasteiger partial charge in [-0.05, 0) is 26.0 Å². The minimum Gasteiger partial charge on any atom is -0.336 e. The zero-order chi connectivity index (χ0) is 18.7. The number of para-hydroxylation sites is 1. The summed E-state index contributed by atoms with van der Waals surface area (Å²) in [6.07, 6.45) is 5.32. The maximum absolute atomic E-state index is 12.8. The highest BCUT2D eigenvalue weighted by molar-refractivity contribution is 5.79. The maximum atomic E-state index is 12.8. The molecule has 0 N–H and O–H groups in total. The number of carbonyl (C=O) groups is 1. The Morgan fingerprint density at radius 3 is 2.65 bits per heavy atom. The fourth-order valence-corrected chi connectivity index (χ4v) is 2.99. The molecule has 3 rings (SSSR count). The van der Waals surface area contributed by atoms with Gasteiger partial charge in [0.25, 0.3) is 0 Å². The lowest BCUT2D eigenvalue weighted by Crippen LogP contribution is -2.36. The van der Waals surface area contributed by atoms with Crippen molar-refractivity contribution in [2.24, 2.45) is 7.05 Å². The summed E-state index contributed by atoms with van der Waals surface area (Å²) < 4.78 is 3.45. The molecule has 2 aromatic heterocycles. The lowest BCUT2D eigenvalue weighted by molar-refractivity contribution is -0.133. The second kappa shape index (κ2) is 7.51. The molecule has 0 spiro atoms. The first-order chi connectivity index (χ1) is 12.5. The van der Waals surface area contributed by atoms with E-state index in [4.69, 9.17) is 0 Å². The summed E-state index contributed by atoms with van der Waals surface area (Å²) in [6.45, 7) is 4.96. The molecule has 0 aliphatic carbocycles. The fourth-order valence-electron chi connectivity index (χ4n) is 2.99. The Bertz CT molecular complexity index is 973. The van der Waals surface area contributed by atoms with Crippen LogP contribution in [-0.2, 0) is 24.9 Å². The minimum absolute atomic E-state index is 0.0495. The number of aryl methyl sites for hydroxylation is 2. The standard InChI is InChI=1S/C19H23N5O2/c1-14(2)23(13-15-10-20-22(3)12-15)19(26)8-9-24-17-7-5-4-6-16(17)18(25)11-21-24/h4-7,10-12,14H,8-9,13H2,1-3H3. The molecule has 1 aromatic carbocycles. The first-order valence-electron chi connectivity index (χ1n) is 8.67. The molecule has 0 bridgehead atoms. The van der Waals surface area contributed by atoms with Crippen molar-refractivity contribution in [3.63, 3.8) is 0 Å². The van der Waals surface area contributed by atoms with Gasteiger partial charge in [0.2, 0.25) is 11.3 Å². The summed E-state index contributed by atoms with van der Waals surface area (Å²) in [5.74, 6) is 0.0495. The summed E-state index contributed by atoms with van der Waals surface area (Å²) in [7, 11) is 1.86. The summed E-state index contributed by atoms with van der Waals surface area (Å²) in [5.41, 5.74) is 1.64. The topological polar surface area (TPSA) is 73.0 Å². The van der Waals surface area contributed by atoms with E-state index >= 15 is 0 Å². The first-order valence-corrected chi connectivity index (χ1v) is 8.67. The van der Waals surface area contributed by atoms with Crippen LogP contribution >= 0.6 is 0 Å². The quantitative estimate of drug-likeness (QED) is 0.679. The van der Waals surface area contributed by atoms with E-state index in [0.29, 0.717) is 24.9 Å². The zero-order valence-corrected chi connectivity index (χ0v) is 15.3. The van der Waals surface area contributed by atoms with Gasteiger partial charge in [-0.2, -0.15) is 10.2 Å². The molecule has 0 aliphatic heterocycles. The fraction of sp³-hybridized carbons (Fsp3) is 0.368. The van der Waals surface area contributed by atoms with E-state index in [9.17, 15) is 9.59 Å². The number of aromatic nitrogens is 4. The SMILES string of the molecule is CC(C)N(Cc1cnn(C)c1)C(=O)CCn1ncc(=O)c2ccccc21. The van der Waals surface area contributed by atoms with Crippen LogP contribution in [0.15, 0.2) is 47.7 Å². The van der Waals surface area contributed by atoms with Crippen LogP contribution in [0.1, 0.15) is 25.8 Å². The number of fused-ring (bicyclic) bond motifs is 1. The van der Waals surface area contributed by atoms with E-state index < -0.39 is 0 Å². The molecule has 1 amide bonds. The Labute approximate surface area is 151 Å². The number of amides is 1. The largest absolute Gasteiger partial charge is 0.336 e. The molecule has 26 heavy (non-hydrogen) atoms. The van der Waals surface area contributed by atoms with Crippen molar-refractivity contribution in [1.82, 2.24) is 24.5 Å². The Kier molecular flexibility index (Phi) is 5.16. The van der Waals surface area contributed by atoms with Crippen LogP contribution in [0, 0.1) is 0 Å². The monoisotopic (exact) mass is 353 g/mol. The molecule has 0 aliphatic rings. The lowest BCUT2D eigenvalue weighted by atomic mass is 10.2. The summed E-state index contributed by atoms with van der Waals surface area (Å²) >= 11 is 0. The number of hydrogen-bond acceptors (Lipinski definition) is 4. The predicted octanol–water partition coefficient (Wildman–Crippen LogP) is 1.96. The summed E-state index contributed by atoms with van der Waals surface area (Å²) in [6, 6.07) is 7.41. The minimum atomic E-state index is -0.108. The number of hydrogen-bond donors (Lipinski definition) is 0. The number of carbonyl (C=O) groups excluding carboxylic acids is 1. The van der Waals surface area contributed by atoms with Crippen LogP contribution in [0.3, 0.4) is 0 Å². The predicted molar refractivity (Wildman–Crippen MR) is 99.5 cm³/mol. The van der Waals surface area contributed by atoms with Gasteiger partial charge in [0, 0.05) is 43.2 Å². The van der Waals surface area contributed by atoms with Crippen LogP contribution in [0.4, 0.5) is 0 Å². The molecule has 0 atom stereocenters. The molecule has 3 aromatic rings. The Morgan fingerprint density at radius 2 is 1.96 bits per heavy atom. The smallest absolute Gasteiger partial charge is 0.224 e. The van der Waals surface area contributed by atoms with Gasteiger partial charge in [-0.25, -0.2) is 0 Å². The van der Waals surface area contributed by atoms with Crippen molar-refractivity contribution in [3.8, 4) is 0 Å². The Morgan fingerprint density at radius 1 is 1.19 bits per heavy atom. The third kappa shape index (κ3) is 3.82.